The quantitative estimate of drug-likeness (QED) is 0.853. The zero-order valence-corrected chi connectivity index (χ0v) is 11.2. The van der Waals surface area contributed by atoms with E-state index in [-0.39, 0.29) is 0 Å². The number of hydrogen-bond donors (Lipinski definition) is 2. The van der Waals surface area contributed by atoms with Crippen molar-refractivity contribution in [1.29, 1.82) is 0 Å². The second-order valence-corrected chi connectivity index (χ2v) is 4.79. The predicted octanol–water partition coefficient (Wildman–Crippen LogP) is 3.35. The SMILES string of the molecule is Cc1cnc(NCc2ccc(N)cc2)c(Br)c1. The van der Waals surface area contributed by atoms with Crippen molar-refractivity contribution in [3.8, 4) is 0 Å². The largest absolute Gasteiger partial charge is 0.399 e. The first-order valence-electron chi connectivity index (χ1n) is 5.35. The number of nitrogens with zero attached hydrogens (tertiary/aromatic N) is 1. The number of aryl methyl sites for hydroxylation is 1. The van der Waals surface area contributed by atoms with E-state index in [0.717, 1.165) is 28.1 Å². The lowest BCUT2D eigenvalue weighted by atomic mass is 10.2. The average molecular weight is 292 g/mol. The van der Waals surface area contributed by atoms with E-state index < -0.39 is 0 Å². The van der Waals surface area contributed by atoms with E-state index in [1.165, 1.54) is 5.56 Å². The Morgan fingerprint density at radius 1 is 1.29 bits per heavy atom. The van der Waals surface area contributed by atoms with Crippen LogP contribution in [0.5, 0.6) is 0 Å². The summed E-state index contributed by atoms with van der Waals surface area (Å²) in [7, 11) is 0. The van der Waals surface area contributed by atoms with E-state index in [0.29, 0.717) is 0 Å². The summed E-state index contributed by atoms with van der Waals surface area (Å²) >= 11 is 3.49. The highest BCUT2D eigenvalue weighted by atomic mass is 79.9. The Morgan fingerprint density at radius 3 is 2.65 bits per heavy atom. The predicted molar refractivity (Wildman–Crippen MR) is 74.9 cm³/mol. The van der Waals surface area contributed by atoms with Crippen LogP contribution in [0.3, 0.4) is 0 Å². The van der Waals surface area contributed by atoms with Crippen molar-refractivity contribution < 1.29 is 0 Å². The molecule has 17 heavy (non-hydrogen) atoms. The van der Waals surface area contributed by atoms with E-state index in [1.807, 2.05) is 43.5 Å². The number of hydrogen-bond acceptors (Lipinski definition) is 3. The lowest BCUT2D eigenvalue weighted by molar-refractivity contribution is 1.10. The number of nitrogen functional groups attached to an aromatic ring is 1. The molecule has 0 saturated carbocycles. The molecule has 0 atom stereocenters. The molecule has 0 bridgehead atoms. The third-order valence-corrected chi connectivity index (χ3v) is 3.02. The van der Waals surface area contributed by atoms with Crippen molar-refractivity contribution in [2.24, 2.45) is 0 Å². The number of rotatable bonds is 3. The van der Waals surface area contributed by atoms with Crippen LogP contribution in [0.15, 0.2) is 41.0 Å². The fourth-order valence-electron chi connectivity index (χ4n) is 1.48. The first-order valence-corrected chi connectivity index (χ1v) is 6.15. The smallest absolute Gasteiger partial charge is 0.140 e. The van der Waals surface area contributed by atoms with E-state index in [4.69, 9.17) is 5.73 Å². The zero-order chi connectivity index (χ0) is 12.3. The molecule has 0 aliphatic rings. The highest BCUT2D eigenvalue weighted by Gasteiger charge is 2.01. The van der Waals surface area contributed by atoms with E-state index in [9.17, 15) is 0 Å². The zero-order valence-electron chi connectivity index (χ0n) is 9.57. The molecule has 3 nitrogen and oxygen atoms in total. The second kappa shape index (κ2) is 5.19. The van der Waals surface area contributed by atoms with Gasteiger partial charge in [-0.3, -0.25) is 0 Å². The minimum absolute atomic E-state index is 0.731. The highest BCUT2D eigenvalue weighted by Crippen LogP contribution is 2.21. The Bertz CT molecular complexity index is 509. The normalized spacial score (nSPS) is 10.2. The summed E-state index contributed by atoms with van der Waals surface area (Å²) in [6.07, 6.45) is 1.84. The number of benzene rings is 1. The molecule has 1 aromatic carbocycles. The summed E-state index contributed by atoms with van der Waals surface area (Å²) in [6, 6.07) is 9.84. The number of halogens is 1. The van der Waals surface area contributed by atoms with Crippen LogP contribution in [-0.4, -0.2) is 4.98 Å². The second-order valence-electron chi connectivity index (χ2n) is 3.94. The van der Waals surface area contributed by atoms with Crippen LogP contribution in [0.4, 0.5) is 11.5 Å². The summed E-state index contributed by atoms with van der Waals surface area (Å²) in [4.78, 5) is 4.33. The monoisotopic (exact) mass is 291 g/mol. The molecule has 0 amide bonds. The molecule has 4 heteroatoms. The van der Waals surface area contributed by atoms with E-state index in [2.05, 4.69) is 26.2 Å². The molecule has 0 saturated heterocycles. The summed E-state index contributed by atoms with van der Waals surface area (Å²) in [5.74, 6) is 0.854. The molecule has 0 radical (unpaired) electrons. The maximum Gasteiger partial charge on any atom is 0.140 e. The van der Waals surface area contributed by atoms with Crippen LogP contribution in [-0.2, 0) is 6.54 Å². The molecule has 3 N–H and O–H groups in total. The van der Waals surface area contributed by atoms with Gasteiger partial charge < -0.3 is 11.1 Å². The molecule has 0 unspecified atom stereocenters. The maximum absolute atomic E-state index is 5.63. The van der Waals surface area contributed by atoms with Crippen LogP contribution >= 0.6 is 15.9 Å². The van der Waals surface area contributed by atoms with Crippen LogP contribution in [0.25, 0.3) is 0 Å². The lowest BCUT2D eigenvalue weighted by Gasteiger charge is -2.08. The van der Waals surface area contributed by atoms with Gasteiger partial charge in [-0.15, -0.1) is 0 Å². The molecule has 0 aliphatic carbocycles. The van der Waals surface area contributed by atoms with Crippen molar-refractivity contribution in [2.75, 3.05) is 11.1 Å². The van der Waals surface area contributed by atoms with Gasteiger partial charge >= 0.3 is 0 Å². The van der Waals surface area contributed by atoms with Crippen molar-refractivity contribution in [2.45, 2.75) is 13.5 Å². The Kier molecular flexibility index (Phi) is 3.64. The van der Waals surface area contributed by atoms with Gasteiger partial charge in [0.15, 0.2) is 0 Å². The number of nitrogens with one attached hydrogen (secondary N) is 1. The van der Waals surface area contributed by atoms with Crippen LogP contribution in [0.2, 0.25) is 0 Å². The standard InChI is InChI=1S/C13H14BrN3/c1-9-6-12(14)13(16-7-9)17-8-10-2-4-11(15)5-3-10/h2-7H,8,15H2,1H3,(H,16,17). The molecular formula is C13H14BrN3. The minimum atomic E-state index is 0.731. The highest BCUT2D eigenvalue weighted by molar-refractivity contribution is 9.10. The van der Waals surface area contributed by atoms with Gasteiger partial charge in [-0.05, 0) is 52.2 Å². The van der Waals surface area contributed by atoms with Gasteiger partial charge in [-0.1, -0.05) is 12.1 Å². The van der Waals surface area contributed by atoms with Crippen molar-refractivity contribution in [3.05, 3.63) is 52.1 Å². The summed E-state index contributed by atoms with van der Waals surface area (Å²) in [5.41, 5.74) is 8.72. The Morgan fingerprint density at radius 2 is 2.00 bits per heavy atom. The first kappa shape index (κ1) is 11.9. The summed E-state index contributed by atoms with van der Waals surface area (Å²) in [5, 5.41) is 3.28. The topological polar surface area (TPSA) is 50.9 Å². The minimum Gasteiger partial charge on any atom is -0.399 e. The van der Waals surface area contributed by atoms with Crippen molar-refractivity contribution in [3.63, 3.8) is 0 Å². The molecule has 0 fully saturated rings. The van der Waals surface area contributed by atoms with Gasteiger partial charge in [0, 0.05) is 18.4 Å². The lowest BCUT2D eigenvalue weighted by Crippen LogP contribution is -2.02. The van der Waals surface area contributed by atoms with Gasteiger partial charge in [0.05, 0.1) is 4.47 Å². The van der Waals surface area contributed by atoms with Crippen molar-refractivity contribution >= 4 is 27.4 Å². The number of aromatic nitrogens is 1. The molecule has 1 aromatic heterocycles. The molecule has 88 valence electrons. The molecular weight excluding hydrogens is 278 g/mol. The fourth-order valence-corrected chi connectivity index (χ4v) is 2.09. The number of anilines is 2. The van der Waals surface area contributed by atoms with Crippen LogP contribution in [0, 0.1) is 6.92 Å². The van der Waals surface area contributed by atoms with E-state index >= 15 is 0 Å². The fraction of sp³-hybridized carbons (Fsp3) is 0.154. The Labute approximate surface area is 109 Å². The number of pyridine rings is 1. The molecule has 2 rings (SSSR count). The molecule has 0 spiro atoms. The van der Waals surface area contributed by atoms with Gasteiger partial charge in [-0.25, -0.2) is 4.98 Å². The average Bonchev–Trinajstić information content (AvgIpc) is 2.30. The number of nitrogens with two attached hydrogens (primary N) is 1. The molecule has 2 aromatic rings. The first-order chi connectivity index (χ1) is 8.15. The van der Waals surface area contributed by atoms with Crippen LogP contribution < -0.4 is 11.1 Å². The van der Waals surface area contributed by atoms with Gasteiger partial charge in [-0.2, -0.15) is 0 Å². The van der Waals surface area contributed by atoms with Gasteiger partial charge in [0.1, 0.15) is 5.82 Å². The van der Waals surface area contributed by atoms with Crippen molar-refractivity contribution in [1.82, 2.24) is 4.98 Å². The Balaban J connectivity index is 2.04. The Hall–Kier alpha value is -1.55. The third-order valence-electron chi connectivity index (χ3n) is 2.42. The van der Waals surface area contributed by atoms with Gasteiger partial charge in [0.25, 0.3) is 0 Å². The van der Waals surface area contributed by atoms with Gasteiger partial charge in [0.2, 0.25) is 0 Å². The third kappa shape index (κ3) is 3.20. The summed E-state index contributed by atoms with van der Waals surface area (Å²) in [6.45, 7) is 2.75. The van der Waals surface area contributed by atoms with Crippen LogP contribution in [0.1, 0.15) is 11.1 Å². The molecule has 0 aliphatic heterocycles. The summed E-state index contributed by atoms with van der Waals surface area (Å²) < 4.78 is 0.980. The molecule has 1 heterocycles. The maximum atomic E-state index is 5.63. The van der Waals surface area contributed by atoms with E-state index in [1.54, 1.807) is 0 Å².